The van der Waals surface area contributed by atoms with E-state index >= 15 is 0 Å². The Hall–Kier alpha value is -2.39. The van der Waals surface area contributed by atoms with Gasteiger partial charge in [-0.15, -0.1) is 0 Å². The van der Waals surface area contributed by atoms with Gasteiger partial charge in [0.05, 0.1) is 6.61 Å². The highest BCUT2D eigenvalue weighted by Gasteiger charge is 2.30. The summed E-state index contributed by atoms with van der Waals surface area (Å²) in [5.41, 5.74) is 1.52. The molecule has 1 fully saturated rings. The van der Waals surface area contributed by atoms with Gasteiger partial charge in [-0.2, -0.15) is 0 Å². The monoisotopic (exact) mass is 435 g/mol. The second kappa shape index (κ2) is 9.61. The molecule has 0 radical (unpaired) electrons. The van der Waals surface area contributed by atoms with Gasteiger partial charge in [-0.05, 0) is 52.2 Å². The number of sulfonamides is 1. The molecule has 1 N–H and O–H groups in total. The molecule has 0 unspecified atom stereocenters. The fourth-order valence-electron chi connectivity index (χ4n) is 3.59. The van der Waals surface area contributed by atoms with Gasteiger partial charge >= 0.3 is 0 Å². The van der Waals surface area contributed by atoms with Gasteiger partial charge in [-0.3, -0.25) is 4.79 Å². The summed E-state index contributed by atoms with van der Waals surface area (Å²) < 4.78 is 38.6. The van der Waals surface area contributed by atoms with Crippen LogP contribution in [0.1, 0.15) is 42.7 Å². The van der Waals surface area contributed by atoms with E-state index < -0.39 is 10.0 Å². The van der Waals surface area contributed by atoms with Crippen molar-refractivity contribution in [2.45, 2.75) is 57.4 Å². The largest absolute Gasteiger partial charge is 0.494 e. The number of ether oxygens (including phenoxy) is 1. The zero-order chi connectivity index (χ0) is 21.7. The fraction of sp³-hybridized carbons (Fsp3) is 0.524. The van der Waals surface area contributed by atoms with Crippen LogP contribution in [0.25, 0.3) is 0 Å². The van der Waals surface area contributed by atoms with Crippen molar-refractivity contribution in [3.8, 4) is 5.75 Å². The average molecular weight is 436 g/mol. The van der Waals surface area contributed by atoms with Crippen molar-refractivity contribution in [3.63, 3.8) is 0 Å². The summed E-state index contributed by atoms with van der Waals surface area (Å²) in [5.74, 6) is 1.16. The second-order valence-electron chi connectivity index (χ2n) is 7.69. The summed E-state index contributed by atoms with van der Waals surface area (Å²) >= 11 is 0. The van der Waals surface area contributed by atoms with Crippen LogP contribution >= 0.6 is 0 Å². The lowest BCUT2D eigenvalue weighted by Crippen LogP contribution is -2.46. The van der Waals surface area contributed by atoms with Crippen LogP contribution < -0.4 is 9.46 Å². The molecule has 3 rings (SSSR count). The van der Waals surface area contributed by atoms with Crippen LogP contribution in [0.5, 0.6) is 5.75 Å². The highest BCUT2D eigenvalue weighted by atomic mass is 32.2. The van der Waals surface area contributed by atoms with Crippen molar-refractivity contribution < 1.29 is 22.5 Å². The summed E-state index contributed by atoms with van der Waals surface area (Å²) in [6.45, 7) is 6.77. The highest BCUT2D eigenvalue weighted by Crippen LogP contribution is 2.21. The zero-order valence-electron chi connectivity index (χ0n) is 17.7. The minimum absolute atomic E-state index is 0.0783. The van der Waals surface area contributed by atoms with Crippen molar-refractivity contribution in [2.24, 2.45) is 0 Å². The SMILES string of the molecule is Cc1ccc(OCCCC(=O)N2CCC(NS(=O)(=O)c3c(C)noc3C)CC2)cc1. The number of aromatic nitrogens is 1. The Morgan fingerprint density at radius 1 is 1.20 bits per heavy atom. The number of carbonyl (C=O) groups excluding carboxylic acids is 1. The number of nitrogens with zero attached hydrogens (tertiary/aromatic N) is 2. The lowest BCUT2D eigenvalue weighted by molar-refractivity contribution is -0.132. The number of nitrogens with one attached hydrogen (secondary N) is 1. The molecule has 0 spiro atoms. The van der Waals surface area contributed by atoms with Crippen LogP contribution in [-0.4, -0.2) is 50.1 Å². The lowest BCUT2D eigenvalue weighted by atomic mass is 10.1. The predicted octanol–water partition coefficient (Wildman–Crippen LogP) is 2.73. The quantitative estimate of drug-likeness (QED) is 0.640. The zero-order valence-corrected chi connectivity index (χ0v) is 18.5. The number of hydrogen-bond donors (Lipinski definition) is 1. The third-order valence-corrected chi connectivity index (χ3v) is 6.99. The molecule has 1 saturated heterocycles. The number of piperidine rings is 1. The molecule has 2 heterocycles. The van der Waals surface area contributed by atoms with Crippen LogP contribution in [0.2, 0.25) is 0 Å². The highest BCUT2D eigenvalue weighted by molar-refractivity contribution is 7.89. The minimum atomic E-state index is -3.69. The summed E-state index contributed by atoms with van der Waals surface area (Å²) in [5, 5.41) is 3.71. The smallest absolute Gasteiger partial charge is 0.246 e. The molecule has 8 nitrogen and oxygen atoms in total. The first-order chi connectivity index (χ1) is 14.3. The normalized spacial score (nSPS) is 15.4. The Labute approximate surface area is 177 Å². The molecule has 9 heteroatoms. The third kappa shape index (κ3) is 5.60. The van der Waals surface area contributed by atoms with Gasteiger partial charge in [-0.25, -0.2) is 13.1 Å². The number of likely N-dealkylation sites (tertiary alicyclic amines) is 1. The molecule has 0 bridgehead atoms. The Balaban J connectivity index is 1.40. The number of benzene rings is 1. The van der Waals surface area contributed by atoms with Gasteiger partial charge in [0, 0.05) is 25.6 Å². The lowest BCUT2D eigenvalue weighted by Gasteiger charge is -2.32. The van der Waals surface area contributed by atoms with Crippen LogP contribution in [0, 0.1) is 20.8 Å². The molecular formula is C21H29N3O5S. The van der Waals surface area contributed by atoms with E-state index in [0.29, 0.717) is 51.1 Å². The van der Waals surface area contributed by atoms with E-state index in [-0.39, 0.29) is 22.6 Å². The Morgan fingerprint density at radius 2 is 1.87 bits per heavy atom. The van der Waals surface area contributed by atoms with Gasteiger partial charge < -0.3 is 14.2 Å². The summed E-state index contributed by atoms with van der Waals surface area (Å²) in [4.78, 5) is 14.3. The van der Waals surface area contributed by atoms with Crippen LogP contribution in [0.4, 0.5) is 0 Å². The summed E-state index contributed by atoms with van der Waals surface area (Å²) in [7, 11) is -3.69. The van der Waals surface area contributed by atoms with E-state index in [1.54, 1.807) is 18.7 Å². The van der Waals surface area contributed by atoms with Crippen molar-refractivity contribution in [3.05, 3.63) is 41.3 Å². The Morgan fingerprint density at radius 3 is 2.47 bits per heavy atom. The molecular weight excluding hydrogens is 406 g/mol. The van der Waals surface area contributed by atoms with Crippen LogP contribution in [0.3, 0.4) is 0 Å². The van der Waals surface area contributed by atoms with E-state index in [9.17, 15) is 13.2 Å². The van der Waals surface area contributed by atoms with E-state index in [2.05, 4.69) is 9.88 Å². The predicted molar refractivity (Wildman–Crippen MR) is 112 cm³/mol. The third-order valence-electron chi connectivity index (χ3n) is 5.23. The maximum absolute atomic E-state index is 12.6. The topological polar surface area (TPSA) is 102 Å². The molecule has 0 atom stereocenters. The molecule has 2 aromatic rings. The standard InChI is InChI=1S/C21H29N3O5S/c1-15-6-8-19(9-7-15)28-14-4-5-20(25)24-12-10-18(11-13-24)23-30(26,27)21-16(2)22-29-17(21)3/h6-9,18,23H,4-5,10-14H2,1-3H3. The average Bonchev–Trinajstić information content (AvgIpc) is 3.06. The van der Waals surface area contributed by atoms with Crippen LogP contribution in [0.15, 0.2) is 33.7 Å². The van der Waals surface area contributed by atoms with E-state index in [1.807, 2.05) is 31.2 Å². The first kappa shape index (κ1) is 22.3. The van der Waals surface area contributed by atoms with Gasteiger partial charge in [0.1, 0.15) is 16.3 Å². The molecule has 0 aliphatic carbocycles. The minimum Gasteiger partial charge on any atom is -0.494 e. The second-order valence-corrected chi connectivity index (χ2v) is 9.35. The van der Waals surface area contributed by atoms with E-state index in [1.165, 1.54) is 5.56 Å². The van der Waals surface area contributed by atoms with Gasteiger partial charge in [0.25, 0.3) is 0 Å². The van der Waals surface area contributed by atoms with Crippen molar-refractivity contribution in [1.29, 1.82) is 0 Å². The molecule has 164 valence electrons. The van der Waals surface area contributed by atoms with Crippen molar-refractivity contribution >= 4 is 15.9 Å². The maximum Gasteiger partial charge on any atom is 0.246 e. The molecule has 1 aliphatic rings. The molecule has 1 amide bonds. The van der Waals surface area contributed by atoms with Gasteiger partial charge in [0.15, 0.2) is 5.76 Å². The first-order valence-electron chi connectivity index (χ1n) is 10.2. The van der Waals surface area contributed by atoms with Gasteiger partial charge in [-0.1, -0.05) is 22.9 Å². The molecule has 30 heavy (non-hydrogen) atoms. The number of amides is 1. The number of carbonyl (C=O) groups is 1. The van der Waals surface area contributed by atoms with E-state index in [0.717, 1.165) is 5.75 Å². The Bertz CT molecular complexity index is 942. The fourth-order valence-corrected chi connectivity index (χ4v) is 5.22. The summed E-state index contributed by atoms with van der Waals surface area (Å²) in [6, 6.07) is 7.62. The van der Waals surface area contributed by atoms with E-state index in [4.69, 9.17) is 9.26 Å². The van der Waals surface area contributed by atoms with Crippen LogP contribution in [-0.2, 0) is 14.8 Å². The molecule has 0 saturated carbocycles. The molecule has 1 aromatic heterocycles. The van der Waals surface area contributed by atoms with Crippen molar-refractivity contribution in [2.75, 3.05) is 19.7 Å². The maximum atomic E-state index is 12.6. The van der Waals surface area contributed by atoms with Crippen molar-refractivity contribution in [1.82, 2.24) is 14.8 Å². The number of aryl methyl sites for hydroxylation is 3. The number of hydrogen-bond acceptors (Lipinski definition) is 6. The molecule has 1 aromatic carbocycles. The molecule has 1 aliphatic heterocycles. The Kier molecular flexibility index (Phi) is 7.14. The number of rotatable bonds is 8. The summed E-state index contributed by atoms with van der Waals surface area (Å²) in [6.07, 6.45) is 2.22. The first-order valence-corrected chi connectivity index (χ1v) is 11.7. The van der Waals surface area contributed by atoms with Gasteiger partial charge in [0.2, 0.25) is 15.9 Å².